The first kappa shape index (κ1) is 14.1. The molecular formula is C15H19N3O2. The Morgan fingerprint density at radius 1 is 1.20 bits per heavy atom. The van der Waals surface area contributed by atoms with E-state index in [-0.39, 0.29) is 5.95 Å². The maximum absolute atomic E-state index is 5.82. The fourth-order valence-electron chi connectivity index (χ4n) is 1.75. The third-order valence-corrected chi connectivity index (χ3v) is 2.66. The van der Waals surface area contributed by atoms with E-state index in [0.717, 1.165) is 11.3 Å². The molecule has 0 saturated carbocycles. The largest absolute Gasteiger partial charge is 0.493 e. The molecule has 1 aromatic carbocycles. The second-order valence-corrected chi connectivity index (χ2v) is 4.85. The topological polar surface area (TPSA) is 70.3 Å². The first-order chi connectivity index (χ1) is 9.60. The lowest BCUT2D eigenvalue weighted by atomic mass is 10.1. The number of aromatic nitrogens is 2. The molecule has 5 heteroatoms. The lowest BCUT2D eigenvalue weighted by Gasteiger charge is -2.13. The highest BCUT2D eigenvalue weighted by atomic mass is 16.5. The smallest absolute Gasteiger partial charge is 0.223 e. The van der Waals surface area contributed by atoms with Crippen LogP contribution < -0.4 is 15.2 Å². The van der Waals surface area contributed by atoms with Gasteiger partial charge in [0, 0.05) is 11.6 Å². The zero-order chi connectivity index (χ0) is 14.5. The summed E-state index contributed by atoms with van der Waals surface area (Å²) in [6.45, 7) is 4.86. The number of nitrogens with zero attached hydrogens (tertiary/aromatic N) is 2. The zero-order valence-electron chi connectivity index (χ0n) is 12.0. The van der Waals surface area contributed by atoms with E-state index in [4.69, 9.17) is 15.2 Å². The molecule has 0 bridgehead atoms. The van der Waals surface area contributed by atoms with E-state index >= 15 is 0 Å². The number of benzene rings is 1. The van der Waals surface area contributed by atoms with Crippen LogP contribution in [0.1, 0.15) is 13.8 Å². The van der Waals surface area contributed by atoms with Crippen LogP contribution in [-0.4, -0.2) is 23.7 Å². The van der Waals surface area contributed by atoms with Crippen LogP contribution in [0, 0.1) is 5.92 Å². The van der Waals surface area contributed by atoms with Gasteiger partial charge in [-0.25, -0.2) is 4.98 Å². The minimum absolute atomic E-state index is 0.179. The van der Waals surface area contributed by atoms with Gasteiger partial charge >= 0.3 is 0 Å². The summed E-state index contributed by atoms with van der Waals surface area (Å²) in [4.78, 5) is 8.23. The number of hydrogen-bond acceptors (Lipinski definition) is 5. The van der Waals surface area contributed by atoms with E-state index in [1.807, 2.05) is 24.3 Å². The average Bonchev–Trinajstić information content (AvgIpc) is 2.44. The van der Waals surface area contributed by atoms with E-state index in [2.05, 4.69) is 23.8 Å². The summed E-state index contributed by atoms with van der Waals surface area (Å²) in [7, 11) is 1.55. The molecule has 2 aromatic rings. The molecule has 2 rings (SSSR count). The van der Waals surface area contributed by atoms with Crippen molar-refractivity contribution in [2.45, 2.75) is 13.8 Å². The van der Waals surface area contributed by atoms with Gasteiger partial charge < -0.3 is 15.2 Å². The van der Waals surface area contributed by atoms with Gasteiger partial charge in [-0.15, -0.1) is 0 Å². The van der Waals surface area contributed by atoms with Gasteiger partial charge in [0.15, 0.2) is 0 Å². The Morgan fingerprint density at radius 2 is 1.95 bits per heavy atom. The lowest BCUT2D eigenvalue weighted by Crippen LogP contribution is -2.06. The molecule has 1 heterocycles. The number of nitrogens with two attached hydrogens (primary N) is 1. The standard InChI is InChI=1S/C15H19N3O2/c1-10(2)9-20-13-7-5-4-6-11(13)12-8-14(19-3)18-15(16)17-12/h4-8,10H,9H2,1-3H3,(H2,16,17,18). The Kier molecular flexibility index (Phi) is 4.40. The van der Waals surface area contributed by atoms with Crippen LogP contribution in [0.5, 0.6) is 11.6 Å². The quantitative estimate of drug-likeness (QED) is 0.907. The highest BCUT2D eigenvalue weighted by molar-refractivity contribution is 5.68. The molecule has 0 fully saturated rings. The van der Waals surface area contributed by atoms with Crippen LogP contribution in [0.15, 0.2) is 30.3 Å². The fraction of sp³-hybridized carbons (Fsp3) is 0.333. The van der Waals surface area contributed by atoms with Crippen molar-refractivity contribution in [1.29, 1.82) is 0 Å². The van der Waals surface area contributed by atoms with Gasteiger partial charge in [-0.3, -0.25) is 0 Å². The number of methoxy groups -OCH3 is 1. The van der Waals surface area contributed by atoms with Crippen molar-refractivity contribution in [3.8, 4) is 22.9 Å². The predicted molar refractivity (Wildman–Crippen MR) is 78.8 cm³/mol. The number of anilines is 1. The summed E-state index contributed by atoms with van der Waals surface area (Å²) in [5.41, 5.74) is 7.27. The van der Waals surface area contributed by atoms with Crippen molar-refractivity contribution in [3.05, 3.63) is 30.3 Å². The summed E-state index contributed by atoms with van der Waals surface area (Å²) in [5.74, 6) is 1.85. The lowest BCUT2D eigenvalue weighted by molar-refractivity contribution is 0.272. The van der Waals surface area contributed by atoms with Crippen LogP contribution in [0.2, 0.25) is 0 Å². The molecule has 0 aliphatic heterocycles. The number of para-hydroxylation sites is 1. The molecule has 5 nitrogen and oxygen atoms in total. The molecule has 0 atom stereocenters. The minimum Gasteiger partial charge on any atom is -0.493 e. The molecule has 1 aromatic heterocycles. The van der Waals surface area contributed by atoms with Crippen LogP contribution in [-0.2, 0) is 0 Å². The normalized spacial score (nSPS) is 10.6. The van der Waals surface area contributed by atoms with Gasteiger partial charge in [0.25, 0.3) is 0 Å². The van der Waals surface area contributed by atoms with Gasteiger partial charge in [-0.05, 0) is 18.1 Å². The monoisotopic (exact) mass is 273 g/mol. The number of hydrogen-bond donors (Lipinski definition) is 1. The van der Waals surface area contributed by atoms with Gasteiger partial charge in [0.05, 0.1) is 19.4 Å². The Balaban J connectivity index is 2.39. The summed E-state index contributed by atoms with van der Waals surface area (Å²) in [6.07, 6.45) is 0. The maximum atomic E-state index is 5.82. The zero-order valence-corrected chi connectivity index (χ0v) is 12.0. The van der Waals surface area contributed by atoms with E-state index < -0.39 is 0 Å². The Morgan fingerprint density at radius 3 is 2.65 bits per heavy atom. The van der Waals surface area contributed by atoms with Crippen LogP contribution in [0.4, 0.5) is 5.95 Å². The predicted octanol–water partition coefficient (Wildman–Crippen LogP) is 2.77. The van der Waals surface area contributed by atoms with Crippen molar-refractivity contribution < 1.29 is 9.47 Å². The molecule has 0 saturated heterocycles. The Labute approximate surface area is 118 Å². The molecule has 106 valence electrons. The molecule has 0 unspecified atom stereocenters. The van der Waals surface area contributed by atoms with Crippen molar-refractivity contribution in [3.63, 3.8) is 0 Å². The van der Waals surface area contributed by atoms with Gasteiger partial charge in [-0.2, -0.15) is 4.98 Å². The second-order valence-electron chi connectivity index (χ2n) is 4.85. The molecule has 0 aliphatic carbocycles. The van der Waals surface area contributed by atoms with Crippen LogP contribution in [0.3, 0.4) is 0 Å². The van der Waals surface area contributed by atoms with Crippen molar-refractivity contribution in [2.24, 2.45) is 5.92 Å². The second kappa shape index (κ2) is 6.23. The van der Waals surface area contributed by atoms with Crippen molar-refractivity contribution in [2.75, 3.05) is 19.5 Å². The molecule has 0 spiro atoms. The molecule has 2 N–H and O–H groups in total. The minimum atomic E-state index is 0.179. The third kappa shape index (κ3) is 3.38. The third-order valence-electron chi connectivity index (χ3n) is 2.66. The van der Waals surface area contributed by atoms with Crippen molar-refractivity contribution in [1.82, 2.24) is 9.97 Å². The number of nitrogen functional groups attached to an aromatic ring is 1. The fourth-order valence-corrected chi connectivity index (χ4v) is 1.75. The Bertz CT molecular complexity index is 585. The first-order valence-electron chi connectivity index (χ1n) is 6.51. The van der Waals surface area contributed by atoms with Gasteiger partial charge in [-0.1, -0.05) is 26.0 Å². The average molecular weight is 273 g/mol. The van der Waals surface area contributed by atoms with Crippen LogP contribution >= 0.6 is 0 Å². The molecule has 0 aliphatic rings. The van der Waals surface area contributed by atoms with Crippen LogP contribution in [0.25, 0.3) is 11.3 Å². The van der Waals surface area contributed by atoms with Gasteiger partial charge in [0.1, 0.15) is 5.75 Å². The molecule has 0 radical (unpaired) electrons. The highest BCUT2D eigenvalue weighted by Gasteiger charge is 2.11. The summed E-state index contributed by atoms with van der Waals surface area (Å²) in [5, 5.41) is 0. The first-order valence-corrected chi connectivity index (χ1v) is 6.51. The summed E-state index contributed by atoms with van der Waals surface area (Å²) < 4.78 is 10.9. The SMILES string of the molecule is COc1cc(-c2ccccc2OCC(C)C)nc(N)n1. The maximum Gasteiger partial charge on any atom is 0.223 e. The van der Waals surface area contributed by atoms with Crippen molar-refractivity contribution >= 4 is 5.95 Å². The molecule has 0 amide bonds. The van der Waals surface area contributed by atoms with E-state index in [9.17, 15) is 0 Å². The summed E-state index contributed by atoms with van der Waals surface area (Å²) >= 11 is 0. The van der Waals surface area contributed by atoms with E-state index in [0.29, 0.717) is 24.1 Å². The number of rotatable bonds is 5. The highest BCUT2D eigenvalue weighted by Crippen LogP contribution is 2.30. The van der Waals surface area contributed by atoms with Gasteiger partial charge in [0.2, 0.25) is 11.8 Å². The molecular weight excluding hydrogens is 254 g/mol. The Hall–Kier alpha value is -2.30. The number of ether oxygens (including phenoxy) is 2. The summed E-state index contributed by atoms with van der Waals surface area (Å²) in [6, 6.07) is 9.47. The van der Waals surface area contributed by atoms with E-state index in [1.165, 1.54) is 0 Å². The van der Waals surface area contributed by atoms with E-state index in [1.54, 1.807) is 13.2 Å². The molecule has 20 heavy (non-hydrogen) atoms.